The van der Waals surface area contributed by atoms with Crippen LogP contribution in [0, 0.1) is 34.0 Å². The molecule has 0 bridgehead atoms. The number of nitriles is 3. The summed E-state index contributed by atoms with van der Waals surface area (Å²) in [6.07, 6.45) is 0. The summed E-state index contributed by atoms with van der Waals surface area (Å²) in [7, 11) is 0. The van der Waals surface area contributed by atoms with Gasteiger partial charge in [-0.05, 0) is 59.7 Å². The normalized spacial score (nSPS) is 11.1. The van der Waals surface area contributed by atoms with Crippen molar-refractivity contribution in [3.05, 3.63) is 168 Å². The van der Waals surface area contributed by atoms with Crippen LogP contribution in [0.4, 0.5) is 0 Å². The Kier molecular flexibility index (Phi) is 6.56. The largest absolute Gasteiger partial charge is 0.309 e. The highest BCUT2D eigenvalue weighted by Gasteiger charge is 2.24. The minimum absolute atomic E-state index is 0.389. The van der Waals surface area contributed by atoms with Crippen LogP contribution in [0.1, 0.15) is 16.7 Å². The molecule has 7 aromatic carbocycles. The zero-order chi connectivity index (χ0) is 33.8. The van der Waals surface area contributed by atoms with Crippen LogP contribution in [-0.4, -0.2) is 9.13 Å². The van der Waals surface area contributed by atoms with Crippen molar-refractivity contribution < 1.29 is 0 Å². The second kappa shape index (κ2) is 11.4. The maximum absolute atomic E-state index is 11.0. The van der Waals surface area contributed by atoms with Crippen molar-refractivity contribution in [3.63, 3.8) is 0 Å². The van der Waals surface area contributed by atoms with Crippen molar-refractivity contribution in [2.75, 3.05) is 0 Å². The van der Waals surface area contributed by atoms with E-state index >= 15 is 0 Å². The van der Waals surface area contributed by atoms with Gasteiger partial charge in [-0.2, -0.15) is 15.8 Å². The highest BCUT2D eigenvalue weighted by atomic mass is 15.0. The summed E-state index contributed by atoms with van der Waals surface area (Å²) in [5.74, 6) is 0. The van der Waals surface area contributed by atoms with Crippen LogP contribution < -0.4 is 0 Å². The van der Waals surface area contributed by atoms with Gasteiger partial charge in [-0.1, -0.05) is 103 Å². The van der Waals surface area contributed by atoms with Gasteiger partial charge in [-0.3, -0.25) is 0 Å². The summed E-state index contributed by atoms with van der Waals surface area (Å²) >= 11 is 0. The minimum atomic E-state index is 0.389. The molecule has 0 unspecified atom stereocenters. The van der Waals surface area contributed by atoms with Gasteiger partial charge < -0.3 is 9.13 Å². The Morgan fingerprint density at radius 1 is 0.380 bits per heavy atom. The zero-order valence-corrected chi connectivity index (χ0v) is 26.7. The summed E-state index contributed by atoms with van der Waals surface area (Å²) in [6, 6.07) is 57.8. The molecule has 2 aromatic heterocycles. The lowest BCUT2D eigenvalue weighted by atomic mass is 9.89. The number of fused-ring (bicyclic) bond motifs is 6. The van der Waals surface area contributed by atoms with Crippen LogP contribution in [0.3, 0.4) is 0 Å². The second-order valence-corrected chi connectivity index (χ2v) is 12.2. The van der Waals surface area contributed by atoms with E-state index in [1.165, 1.54) is 10.8 Å². The zero-order valence-electron chi connectivity index (χ0n) is 26.7. The smallest absolute Gasteiger partial charge is 0.102 e. The third kappa shape index (κ3) is 4.17. The van der Waals surface area contributed by atoms with E-state index in [0.717, 1.165) is 60.8 Å². The summed E-state index contributed by atoms with van der Waals surface area (Å²) < 4.78 is 4.32. The second-order valence-electron chi connectivity index (χ2n) is 12.2. The highest BCUT2D eigenvalue weighted by Crippen LogP contribution is 2.43. The first-order chi connectivity index (χ1) is 24.7. The van der Waals surface area contributed by atoms with Crippen molar-refractivity contribution in [3.8, 4) is 51.8 Å². The Hall–Kier alpha value is -7.39. The third-order valence-corrected chi connectivity index (χ3v) is 9.67. The predicted molar refractivity (Wildman–Crippen MR) is 200 cm³/mol. The molecule has 0 amide bonds. The fourth-order valence-electron chi connectivity index (χ4n) is 7.57. The molecule has 0 atom stereocenters. The molecule has 0 fully saturated rings. The van der Waals surface area contributed by atoms with Gasteiger partial charge in [0.15, 0.2) is 0 Å². The van der Waals surface area contributed by atoms with E-state index in [1.807, 2.05) is 71.3 Å². The van der Waals surface area contributed by atoms with E-state index in [4.69, 9.17) is 0 Å². The topological polar surface area (TPSA) is 81.2 Å². The molecule has 0 radical (unpaired) electrons. The lowest BCUT2D eigenvalue weighted by Crippen LogP contribution is -2.04. The number of para-hydroxylation sites is 4. The molecule has 0 saturated carbocycles. The summed E-state index contributed by atoms with van der Waals surface area (Å²) in [5, 5.41) is 35.3. The van der Waals surface area contributed by atoms with E-state index in [-0.39, 0.29) is 0 Å². The molecule has 2 heterocycles. The van der Waals surface area contributed by atoms with E-state index in [9.17, 15) is 15.8 Å². The Bertz CT molecular complexity index is 2920. The SMILES string of the molecule is N#Cc1ccc2c(c1)c1ccccc1n2-c1c(C#N)ccc(-c2ccccc2-c2ccccc2-n2c3ccccc3c3ccccc32)c1C#N. The number of aromatic nitrogens is 2. The molecule has 9 rings (SSSR count). The van der Waals surface area contributed by atoms with Crippen LogP contribution in [0.5, 0.6) is 0 Å². The standard InChI is InChI=1S/C45H25N5/c46-26-29-21-24-44-38(25-29)37-16-6-10-20-43(37)50(44)45-30(27-47)22-23-33(39(45)28-48)31-11-1-2-12-32(31)34-13-3-7-17-40(34)49-41-18-8-4-14-35(41)36-15-5-9-19-42(36)49/h1-25H. The molecule has 5 heteroatoms. The van der Waals surface area contributed by atoms with Crippen LogP contribution in [-0.2, 0) is 0 Å². The third-order valence-electron chi connectivity index (χ3n) is 9.67. The molecule has 5 nitrogen and oxygen atoms in total. The van der Waals surface area contributed by atoms with Crippen molar-refractivity contribution in [2.45, 2.75) is 0 Å². The van der Waals surface area contributed by atoms with E-state index in [1.54, 1.807) is 6.07 Å². The fourth-order valence-corrected chi connectivity index (χ4v) is 7.57. The number of hydrogen-bond donors (Lipinski definition) is 0. The molecule has 0 aliphatic rings. The van der Waals surface area contributed by atoms with Crippen molar-refractivity contribution >= 4 is 43.6 Å². The summed E-state index contributed by atoms with van der Waals surface area (Å²) in [5.41, 5.74) is 10.4. The molecule has 0 spiro atoms. The van der Waals surface area contributed by atoms with Crippen LogP contribution in [0.25, 0.3) is 77.2 Å². The molecule has 0 aliphatic heterocycles. The maximum atomic E-state index is 11.0. The summed E-state index contributed by atoms with van der Waals surface area (Å²) in [4.78, 5) is 0. The Balaban J connectivity index is 1.33. The molecule has 0 saturated heterocycles. The highest BCUT2D eigenvalue weighted by molar-refractivity contribution is 6.11. The quantitative estimate of drug-likeness (QED) is 0.193. The van der Waals surface area contributed by atoms with Crippen molar-refractivity contribution in [2.24, 2.45) is 0 Å². The first-order valence-corrected chi connectivity index (χ1v) is 16.3. The lowest BCUT2D eigenvalue weighted by Gasteiger charge is -2.19. The van der Waals surface area contributed by atoms with Crippen LogP contribution in [0.15, 0.2) is 152 Å². The minimum Gasteiger partial charge on any atom is -0.309 e. The molecular weight excluding hydrogens is 611 g/mol. The molecular formula is C45H25N5. The van der Waals surface area contributed by atoms with Crippen LogP contribution in [0.2, 0.25) is 0 Å². The summed E-state index contributed by atoms with van der Waals surface area (Å²) in [6.45, 7) is 0. The molecule has 50 heavy (non-hydrogen) atoms. The maximum Gasteiger partial charge on any atom is 0.102 e. The number of hydrogen-bond acceptors (Lipinski definition) is 3. The lowest BCUT2D eigenvalue weighted by molar-refractivity contribution is 1.15. The molecule has 9 aromatic rings. The first-order valence-electron chi connectivity index (χ1n) is 16.3. The van der Waals surface area contributed by atoms with Crippen molar-refractivity contribution in [1.29, 1.82) is 15.8 Å². The van der Waals surface area contributed by atoms with Gasteiger partial charge in [0.25, 0.3) is 0 Å². The first kappa shape index (κ1) is 28.8. The van der Waals surface area contributed by atoms with Gasteiger partial charge in [0, 0.05) is 32.7 Å². The van der Waals surface area contributed by atoms with Gasteiger partial charge in [0.05, 0.1) is 56.2 Å². The Labute approximate surface area is 287 Å². The number of nitrogens with zero attached hydrogens (tertiary/aromatic N) is 5. The van der Waals surface area contributed by atoms with E-state index in [0.29, 0.717) is 22.4 Å². The Morgan fingerprint density at radius 3 is 1.52 bits per heavy atom. The molecule has 0 N–H and O–H groups in total. The average molecular weight is 636 g/mol. The van der Waals surface area contributed by atoms with Crippen LogP contribution >= 0.6 is 0 Å². The number of benzene rings is 7. The Morgan fingerprint density at radius 2 is 0.900 bits per heavy atom. The van der Waals surface area contributed by atoms with E-state index < -0.39 is 0 Å². The monoisotopic (exact) mass is 635 g/mol. The van der Waals surface area contributed by atoms with Gasteiger partial charge in [-0.15, -0.1) is 0 Å². The molecule has 230 valence electrons. The van der Waals surface area contributed by atoms with Gasteiger partial charge in [-0.25, -0.2) is 0 Å². The molecule has 0 aliphatic carbocycles. The number of rotatable bonds is 4. The van der Waals surface area contributed by atoms with Crippen molar-refractivity contribution in [1.82, 2.24) is 9.13 Å². The fraction of sp³-hybridized carbons (Fsp3) is 0. The predicted octanol–water partition coefficient (Wildman–Crippen LogP) is 10.8. The van der Waals surface area contributed by atoms with Gasteiger partial charge >= 0.3 is 0 Å². The average Bonchev–Trinajstić information content (AvgIpc) is 3.69. The van der Waals surface area contributed by atoms with Gasteiger partial charge in [0.1, 0.15) is 12.1 Å². The van der Waals surface area contributed by atoms with Gasteiger partial charge in [0.2, 0.25) is 0 Å². The van der Waals surface area contributed by atoms with E-state index in [2.05, 4.69) is 102 Å².